The van der Waals surface area contributed by atoms with Crippen LogP contribution in [0.5, 0.6) is 23.0 Å². The Hall–Kier alpha value is -10.2. The third kappa shape index (κ3) is 16.9. The number of hydrogen-bond acceptors (Lipinski definition) is 18. The molecule has 10 rings (SSSR count). The fraction of sp³-hybridized carbons (Fsp3) is 0.328. The van der Waals surface area contributed by atoms with Crippen molar-refractivity contribution in [2.75, 3.05) is 105 Å². The molecule has 6 heterocycles. The minimum absolute atomic E-state index is 0.0500. The van der Waals surface area contributed by atoms with Gasteiger partial charge in [0.1, 0.15) is 87.7 Å². The number of fused-ring (bicyclic) bond motifs is 2. The van der Waals surface area contributed by atoms with Crippen molar-refractivity contribution in [3.8, 4) is 57.4 Å². The Morgan fingerprint density at radius 1 is 0.622 bits per heavy atom. The zero-order valence-corrected chi connectivity index (χ0v) is 51.7. The molecule has 2 amide bonds. The highest BCUT2D eigenvalue weighted by Crippen LogP contribution is 2.43. The molecule has 0 spiro atoms. The van der Waals surface area contributed by atoms with Crippen LogP contribution in [0.4, 0.5) is 16.4 Å². The van der Waals surface area contributed by atoms with Gasteiger partial charge in [0, 0.05) is 89.9 Å². The molecule has 23 nitrogen and oxygen atoms in total. The number of ether oxygens (including phenoxy) is 5. The third-order valence-corrected chi connectivity index (χ3v) is 14.8. The summed E-state index contributed by atoms with van der Waals surface area (Å²) in [5.41, 5.74) is 17.1. The quantitative estimate of drug-likeness (QED) is 0.0598. The number of aromatic nitrogens is 6. The van der Waals surface area contributed by atoms with E-state index >= 15 is 0 Å². The Labute approximate surface area is 523 Å². The van der Waals surface area contributed by atoms with Crippen molar-refractivity contribution >= 4 is 51.7 Å². The molecule has 468 valence electrons. The van der Waals surface area contributed by atoms with Gasteiger partial charge in [-0.25, -0.2) is 29.5 Å². The van der Waals surface area contributed by atoms with E-state index in [-0.39, 0.29) is 24.1 Å². The van der Waals surface area contributed by atoms with Gasteiger partial charge in [-0.3, -0.25) is 4.79 Å². The summed E-state index contributed by atoms with van der Waals surface area (Å²) in [6, 6.07) is 38.6. The summed E-state index contributed by atoms with van der Waals surface area (Å²) >= 11 is 0. The number of methoxy groups -OCH3 is 2. The SMILES string of the molecule is CC(C)(C)OC(=O)N1CC[C@@H](n2c(C#N)c(-c3ccc(Oc4ccccc4)cc3)c3c(N)ncnc32)C1.COCCN(C)C/C=C/C(=O)N1CC[C@@H](n2c(C#N)c(-c3ccc(Oc4ccccc4)cc3)c3c(N)ncnc32)C1.COCCN(C)C/C=C/C(=O)O. The number of likely N-dealkylation sites (N-methyl/N-ethyl adjacent to an activating group) is 2. The number of anilines is 2. The molecule has 2 atom stereocenters. The molecule has 23 heteroatoms. The van der Waals surface area contributed by atoms with Crippen LogP contribution >= 0.6 is 0 Å². The molecule has 0 saturated carbocycles. The number of nitriles is 2. The molecule has 0 aliphatic carbocycles. The number of aliphatic carboxylic acids is 1. The van der Waals surface area contributed by atoms with Crippen molar-refractivity contribution in [1.29, 1.82) is 10.5 Å². The van der Waals surface area contributed by atoms with Crippen LogP contribution in [0.2, 0.25) is 0 Å². The molecule has 2 fully saturated rings. The van der Waals surface area contributed by atoms with Gasteiger partial charge in [-0.15, -0.1) is 0 Å². The number of carbonyl (C=O) groups excluding carboxylic acids is 2. The van der Waals surface area contributed by atoms with Crippen LogP contribution in [0.3, 0.4) is 0 Å². The number of nitrogens with two attached hydrogens (primary N) is 2. The van der Waals surface area contributed by atoms with Crippen molar-refractivity contribution < 1.29 is 43.2 Å². The molecule has 0 unspecified atom stereocenters. The molecule has 0 radical (unpaired) electrons. The van der Waals surface area contributed by atoms with E-state index in [2.05, 4.69) is 37.0 Å². The lowest BCUT2D eigenvalue weighted by molar-refractivity contribution is -0.131. The monoisotopic (exact) mass is 1220 g/mol. The zero-order valence-electron chi connectivity index (χ0n) is 51.7. The van der Waals surface area contributed by atoms with E-state index in [1.165, 1.54) is 12.7 Å². The normalized spacial score (nSPS) is 14.8. The van der Waals surface area contributed by atoms with Crippen molar-refractivity contribution in [2.24, 2.45) is 0 Å². The van der Waals surface area contributed by atoms with Crippen LogP contribution in [0, 0.1) is 22.7 Å². The van der Waals surface area contributed by atoms with Crippen LogP contribution < -0.4 is 20.9 Å². The number of para-hydroxylation sites is 2. The second-order valence-corrected chi connectivity index (χ2v) is 22.5. The number of carbonyl (C=O) groups is 3. The lowest BCUT2D eigenvalue weighted by Crippen LogP contribution is -2.35. The maximum atomic E-state index is 12.9. The number of likely N-dealkylation sites (tertiary alicyclic amines) is 2. The lowest BCUT2D eigenvalue weighted by Gasteiger charge is -2.24. The first-order chi connectivity index (χ1) is 43.4. The second-order valence-electron chi connectivity index (χ2n) is 22.5. The standard InChI is InChI=1S/C31H33N7O3.C28H28N6O3.C8H15NO3/c1-36(17-18-40-2)15-6-9-27(39)37-16-14-23(20-37)38-26(19-32)28(29-30(33)34-21-35-31(29)38)22-10-12-25(13-11-22)41-24-7-4-3-5-8-24;1-28(2,3)37-27(35)33-14-13-19(16-33)34-22(15-29)23(24-25(30)31-17-32-26(24)34)18-9-11-21(12-10-18)36-20-7-5-4-6-8-20;1-9(6-7-12-2)5-3-4-8(10)11/h3-13,21,23H,14-18,20H2,1-2H3,(H2,33,34,35);4-12,17,19H,13-14,16H2,1-3H3,(H2,30,31,32);3-4H,5-7H2,1-2H3,(H,10,11)/b9-6+;;4-3+/t23-;19-;/m11./s1. The van der Waals surface area contributed by atoms with E-state index in [4.69, 9.17) is 40.3 Å². The average molecular weight is 1220 g/mol. The summed E-state index contributed by atoms with van der Waals surface area (Å²) in [6.45, 7) is 11.7. The van der Waals surface area contributed by atoms with E-state index in [1.54, 1.807) is 31.3 Å². The predicted molar refractivity (Wildman–Crippen MR) is 344 cm³/mol. The Morgan fingerprint density at radius 2 is 1.03 bits per heavy atom. The molecule has 2 aliphatic heterocycles. The molecule has 90 heavy (non-hydrogen) atoms. The Balaban J connectivity index is 0.000000198. The van der Waals surface area contributed by atoms with E-state index in [9.17, 15) is 24.9 Å². The number of nitrogen functional groups attached to an aromatic ring is 2. The zero-order chi connectivity index (χ0) is 64.3. The smallest absolute Gasteiger partial charge is 0.410 e. The largest absolute Gasteiger partial charge is 0.478 e. The number of carboxylic acid groups (broad SMARTS) is 1. The topological polar surface area (TPSA) is 292 Å². The van der Waals surface area contributed by atoms with Crippen LogP contribution in [0.1, 0.15) is 57.1 Å². The number of benzene rings is 4. The number of hydrogen-bond donors (Lipinski definition) is 3. The number of nitrogens with zero attached hydrogens (tertiary/aromatic N) is 12. The van der Waals surface area contributed by atoms with Gasteiger partial charge in [-0.05, 0) is 107 Å². The number of amides is 2. The first-order valence-corrected chi connectivity index (χ1v) is 29.3. The van der Waals surface area contributed by atoms with Crippen LogP contribution in [0.15, 0.2) is 146 Å². The lowest BCUT2D eigenvalue weighted by atomic mass is 10.0. The van der Waals surface area contributed by atoms with Gasteiger partial charge < -0.3 is 69.0 Å². The van der Waals surface area contributed by atoms with Crippen molar-refractivity contribution in [3.63, 3.8) is 0 Å². The average Bonchev–Trinajstić information content (AvgIpc) is 1.60. The summed E-state index contributed by atoms with van der Waals surface area (Å²) in [5, 5.41) is 30.2. The summed E-state index contributed by atoms with van der Waals surface area (Å²) in [4.78, 5) is 60.7. The van der Waals surface area contributed by atoms with Crippen molar-refractivity contribution in [1.82, 2.24) is 48.7 Å². The first-order valence-electron chi connectivity index (χ1n) is 29.3. The van der Waals surface area contributed by atoms with Gasteiger partial charge in [-0.1, -0.05) is 72.8 Å². The summed E-state index contributed by atoms with van der Waals surface area (Å²) in [5.74, 6) is 2.46. The van der Waals surface area contributed by atoms with E-state index in [1.807, 2.05) is 169 Å². The highest BCUT2D eigenvalue weighted by Gasteiger charge is 2.36. The van der Waals surface area contributed by atoms with E-state index in [0.717, 1.165) is 41.8 Å². The first kappa shape index (κ1) is 65.8. The van der Waals surface area contributed by atoms with E-state index < -0.39 is 11.6 Å². The van der Waals surface area contributed by atoms with Crippen molar-refractivity contribution in [2.45, 2.75) is 51.3 Å². The van der Waals surface area contributed by atoms with Crippen LogP contribution in [0.25, 0.3) is 44.3 Å². The molecule has 2 aliphatic rings. The minimum atomic E-state index is -0.907. The molecule has 8 aromatic rings. The molecular weight excluding hydrogens is 1140 g/mol. The molecule has 4 aromatic heterocycles. The Bertz CT molecular complexity index is 3870. The fourth-order valence-electron chi connectivity index (χ4n) is 10.5. The summed E-state index contributed by atoms with van der Waals surface area (Å²) in [7, 11) is 7.20. The fourth-order valence-corrected chi connectivity index (χ4v) is 10.5. The molecule has 4 aromatic carbocycles. The summed E-state index contributed by atoms with van der Waals surface area (Å²) < 4.78 is 31.2. The predicted octanol–water partition coefficient (Wildman–Crippen LogP) is 9.98. The van der Waals surface area contributed by atoms with Gasteiger partial charge in [-0.2, -0.15) is 10.5 Å². The Kier molecular flexibility index (Phi) is 22.8. The number of carboxylic acids is 1. The van der Waals surface area contributed by atoms with Gasteiger partial charge in [0.2, 0.25) is 5.91 Å². The summed E-state index contributed by atoms with van der Waals surface area (Å²) in [6.07, 6.45) is 10.0. The highest BCUT2D eigenvalue weighted by atomic mass is 16.6. The van der Waals surface area contributed by atoms with Gasteiger partial charge >= 0.3 is 12.1 Å². The Morgan fingerprint density at radius 3 is 1.44 bits per heavy atom. The maximum Gasteiger partial charge on any atom is 0.410 e. The second kappa shape index (κ2) is 31.1. The molecule has 2 saturated heterocycles. The molecule has 5 N–H and O–H groups in total. The molecular formula is C67H76N14O9. The van der Waals surface area contributed by atoms with Gasteiger partial charge in [0.05, 0.1) is 36.1 Å². The van der Waals surface area contributed by atoms with Gasteiger partial charge in [0.25, 0.3) is 0 Å². The van der Waals surface area contributed by atoms with E-state index in [0.29, 0.717) is 133 Å². The van der Waals surface area contributed by atoms with Crippen molar-refractivity contribution in [3.05, 3.63) is 158 Å². The van der Waals surface area contributed by atoms with Crippen LogP contribution in [-0.2, 0) is 23.8 Å². The number of rotatable bonds is 20. The highest BCUT2D eigenvalue weighted by molar-refractivity contribution is 6.04. The van der Waals surface area contributed by atoms with Gasteiger partial charge in [0.15, 0.2) is 0 Å². The molecule has 0 bridgehead atoms. The maximum absolute atomic E-state index is 12.9. The minimum Gasteiger partial charge on any atom is -0.478 e. The third-order valence-electron chi connectivity index (χ3n) is 14.8. The van der Waals surface area contributed by atoms with Crippen LogP contribution in [-0.4, -0.2) is 171 Å².